The molecule has 0 saturated heterocycles. The first-order valence-electron chi connectivity index (χ1n) is 7.17. The highest BCUT2D eigenvalue weighted by atomic mass is 16.2. The minimum Gasteiger partial charge on any atom is -0.378 e. The fourth-order valence-corrected chi connectivity index (χ4v) is 2.15. The molecule has 1 aromatic heterocycles. The second-order valence-corrected chi connectivity index (χ2v) is 5.17. The summed E-state index contributed by atoms with van der Waals surface area (Å²) >= 11 is 0. The van der Waals surface area contributed by atoms with Crippen LogP contribution in [0.25, 0.3) is 0 Å². The Kier molecular flexibility index (Phi) is 4.98. The summed E-state index contributed by atoms with van der Waals surface area (Å²) in [6.07, 6.45) is 4.89. The Morgan fingerprint density at radius 3 is 2.90 bits per heavy atom. The maximum Gasteiger partial charge on any atom is 0.253 e. The largest absolute Gasteiger partial charge is 0.378 e. The number of nitrogens with one attached hydrogen (secondary N) is 1. The first kappa shape index (κ1) is 15.1. The number of aromatic nitrogens is 2. The molecule has 5 heteroatoms. The van der Waals surface area contributed by atoms with E-state index in [1.54, 1.807) is 19.0 Å². The molecule has 0 aliphatic rings. The second kappa shape index (κ2) is 6.92. The molecule has 0 atom stereocenters. The number of hydrogen-bond donors (Lipinski definition) is 1. The van der Waals surface area contributed by atoms with E-state index < -0.39 is 0 Å². The third-order valence-electron chi connectivity index (χ3n) is 3.23. The molecule has 1 amide bonds. The van der Waals surface area contributed by atoms with Gasteiger partial charge in [-0.05, 0) is 24.6 Å². The average Bonchev–Trinajstić information content (AvgIpc) is 2.92. The Morgan fingerprint density at radius 1 is 1.38 bits per heavy atom. The number of carbonyl (C=O) groups is 1. The molecule has 0 fully saturated rings. The molecule has 112 valence electrons. The van der Waals surface area contributed by atoms with E-state index in [1.165, 1.54) is 0 Å². The van der Waals surface area contributed by atoms with Gasteiger partial charge in [-0.25, -0.2) is 4.98 Å². The van der Waals surface area contributed by atoms with Crippen molar-refractivity contribution in [2.24, 2.45) is 0 Å². The van der Waals surface area contributed by atoms with Crippen molar-refractivity contribution >= 4 is 11.6 Å². The van der Waals surface area contributed by atoms with Gasteiger partial charge in [0.15, 0.2) is 0 Å². The molecule has 0 saturated carbocycles. The lowest BCUT2D eigenvalue weighted by Crippen LogP contribution is -2.21. The number of anilines is 1. The number of nitrogens with zero attached hydrogens (tertiary/aromatic N) is 3. The van der Waals surface area contributed by atoms with Gasteiger partial charge in [0, 0.05) is 44.3 Å². The zero-order valence-corrected chi connectivity index (χ0v) is 12.8. The van der Waals surface area contributed by atoms with Crippen molar-refractivity contribution in [3.8, 4) is 0 Å². The van der Waals surface area contributed by atoms with Crippen LogP contribution in [-0.2, 0) is 13.1 Å². The van der Waals surface area contributed by atoms with E-state index in [0.717, 1.165) is 24.5 Å². The summed E-state index contributed by atoms with van der Waals surface area (Å²) in [6.45, 7) is 3.76. The minimum atomic E-state index is 0.00568. The molecule has 0 bridgehead atoms. The van der Waals surface area contributed by atoms with Gasteiger partial charge in [0.1, 0.15) is 5.82 Å². The van der Waals surface area contributed by atoms with Crippen LogP contribution < -0.4 is 5.32 Å². The molecule has 2 rings (SSSR count). The highest BCUT2D eigenvalue weighted by Gasteiger charge is 2.08. The summed E-state index contributed by atoms with van der Waals surface area (Å²) in [5.74, 6) is 1.01. The number of hydrogen-bond acceptors (Lipinski definition) is 3. The van der Waals surface area contributed by atoms with Gasteiger partial charge in [-0.1, -0.05) is 13.0 Å². The molecular weight excluding hydrogens is 264 g/mol. The third-order valence-corrected chi connectivity index (χ3v) is 3.23. The number of imidazole rings is 1. The van der Waals surface area contributed by atoms with Crippen molar-refractivity contribution in [1.82, 2.24) is 14.5 Å². The molecule has 1 heterocycles. The zero-order valence-electron chi connectivity index (χ0n) is 12.8. The Bertz CT molecular complexity index is 604. The SMILES string of the molecule is CCCn1ccnc1CNc1cccc(C(=O)N(C)C)c1. The first-order valence-corrected chi connectivity index (χ1v) is 7.17. The van der Waals surface area contributed by atoms with E-state index in [0.29, 0.717) is 12.1 Å². The van der Waals surface area contributed by atoms with E-state index in [-0.39, 0.29) is 5.91 Å². The number of rotatable bonds is 6. The first-order chi connectivity index (χ1) is 10.1. The smallest absolute Gasteiger partial charge is 0.253 e. The van der Waals surface area contributed by atoms with Crippen molar-refractivity contribution < 1.29 is 4.79 Å². The van der Waals surface area contributed by atoms with Gasteiger partial charge < -0.3 is 14.8 Å². The van der Waals surface area contributed by atoms with Gasteiger partial charge in [-0.15, -0.1) is 0 Å². The summed E-state index contributed by atoms with van der Waals surface area (Å²) < 4.78 is 2.14. The molecule has 21 heavy (non-hydrogen) atoms. The van der Waals surface area contributed by atoms with Crippen LogP contribution in [0.1, 0.15) is 29.5 Å². The lowest BCUT2D eigenvalue weighted by molar-refractivity contribution is 0.0827. The Balaban J connectivity index is 2.05. The topological polar surface area (TPSA) is 50.2 Å². The van der Waals surface area contributed by atoms with Gasteiger partial charge in [-0.3, -0.25) is 4.79 Å². The van der Waals surface area contributed by atoms with Crippen LogP contribution in [0, 0.1) is 0 Å². The van der Waals surface area contributed by atoms with E-state index in [4.69, 9.17) is 0 Å². The quantitative estimate of drug-likeness (QED) is 0.888. The summed E-state index contributed by atoms with van der Waals surface area (Å²) in [4.78, 5) is 17.9. The van der Waals surface area contributed by atoms with Gasteiger partial charge >= 0.3 is 0 Å². The predicted molar refractivity (Wildman–Crippen MR) is 84.3 cm³/mol. The van der Waals surface area contributed by atoms with Crippen molar-refractivity contribution in [3.63, 3.8) is 0 Å². The van der Waals surface area contributed by atoms with Crippen LogP contribution in [0.2, 0.25) is 0 Å². The second-order valence-electron chi connectivity index (χ2n) is 5.17. The monoisotopic (exact) mass is 286 g/mol. The van der Waals surface area contributed by atoms with Crippen molar-refractivity contribution in [2.75, 3.05) is 19.4 Å². The van der Waals surface area contributed by atoms with Crippen LogP contribution in [0.15, 0.2) is 36.7 Å². The number of carbonyl (C=O) groups excluding carboxylic acids is 1. The number of aryl methyl sites for hydroxylation is 1. The summed E-state index contributed by atoms with van der Waals surface area (Å²) in [6, 6.07) is 7.54. The third kappa shape index (κ3) is 3.84. The van der Waals surface area contributed by atoms with Gasteiger partial charge in [0.2, 0.25) is 0 Å². The standard InChI is InChI=1S/C16H22N4O/c1-4-9-20-10-8-17-15(20)12-18-14-7-5-6-13(11-14)16(21)19(2)3/h5-8,10-11,18H,4,9,12H2,1-3H3. The maximum atomic E-state index is 12.0. The van der Waals surface area contributed by atoms with Crippen LogP contribution in [-0.4, -0.2) is 34.5 Å². The molecule has 5 nitrogen and oxygen atoms in total. The molecule has 0 spiro atoms. The van der Waals surface area contributed by atoms with E-state index >= 15 is 0 Å². The fraction of sp³-hybridized carbons (Fsp3) is 0.375. The van der Waals surface area contributed by atoms with Crippen molar-refractivity contribution in [3.05, 3.63) is 48.0 Å². The summed E-state index contributed by atoms with van der Waals surface area (Å²) in [5.41, 5.74) is 1.61. The predicted octanol–water partition coefficient (Wildman–Crippen LogP) is 2.61. The molecule has 0 aliphatic carbocycles. The lowest BCUT2D eigenvalue weighted by atomic mass is 10.2. The maximum absolute atomic E-state index is 12.0. The zero-order chi connectivity index (χ0) is 15.2. The highest BCUT2D eigenvalue weighted by molar-refractivity contribution is 5.94. The average molecular weight is 286 g/mol. The molecule has 0 radical (unpaired) electrons. The summed E-state index contributed by atoms with van der Waals surface area (Å²) in [7, 11) is 3.51. The van der Waals surface area contributed by atoms with Crippen molar-refractivity contribution in [1.29, 1.82) is 0 Å². The highest BCUT2D eigenvalue weighted by Crippen LogP contribution is 2.13. The Labute approximate surface area is 125 Å². The fourth-order valence-electron chi connectivity index (χ4n) is 2.15. The van der Waals surface area contributed by atoms with Gasteiger partial charge in [0.25, 0.3) is 5.91 Å². The molecule has 0 unspecified atom stereocenters. The minimum absolute atomic E-state index is 0.00568. The molecular formula is C16H22N4O. The van der Waals surface area contributed by atoms with Crippen LogP contribution in [0.3, 0.4) is 0 Å². The van der Waals surface area contributed by atoms with Gasteiger partial charge in [-0.2, -0.15) is 0 Å². The molecule has 2 aromatic rings. The molecule has 1 aromatic carbocycles. The van der Waals surface area contributed by atoms with E-state index in [2.05, 4.69) is 21.8 Å². The molecule has 1 N–H and O–H groups in total. The molecule has 0 aliphatic heterocycles. The van der Waals surface area contributed by atoms with Crippen LogP contribution in [0.5, 0.6) is 0 Å². The normalized spacial score (nSPS) is 10.4. The number of benzene rings is 1. The van der Waals surface area contributed by atoms with Crippen LogP contribution in [0.4, 0.5) is 5.69 Å². The Morgan fingerprint density at radius 2 is 2.19 bits per heavy atom. The lowest BCUT2D eigenvalue weighted by Gasteiger charge is -2.12. The van der Waals surface area contributed by atoms with Gasteiger partial charge in [0.05, 0.1) is 6.54 Å². The van der Waals surface area contributed by atoms with Crippen molar-refractivity contribution in [2.45, 2.75) is 26.4 Å². The summed E-state index contributed by atoms with van der Waals surface area (Å²) in [5, 5.41) is 3.33. The van der Waals surface area contributed by atoms with Crippen LogP contribution >= 0.6 is 0 Å². The van der Waals surface area contributed by atoms with E-state index in [1.807, 2.05) is 36.7 Å². The van der Waals surface area contributed by atoms with E-state index in [9.17, 15) is 4.79 Å². The Hall–Kier alpha value is -2.30. The number of amides is 1.